The van der Waals surface area contributed by atoms with Crippen LogP contribution in [0.25, 0.3) is 0 Å². The van der Waals surface area contributed by atoms with Crippen molar-refractivity contribution in [1.29, 1.82) is 5.41 Å². The van der Waals surface area contributed by atoms with Crippen molar-refractivity contribution >= 4 is 12.1 Å². The van der Waals surface area contributed by atoms with Crippen LogP contribution in [0.1, 0.15) is 44.9 Å². The second-order valence-electron chi connectivity index (χ2n) is 3.58. The van der Waals surface area contributed by atoms with E-state index in [1.54, 1.807) is 0 Å². The van der Waals surface area contributed by atoms with Crippen molar-refractivity contribution < 1.29 is 9.90 Å². The summed E-state index contributed by atoms with van der Waals surface area (Å²) in [5, 5.41) is 18.2. The number of rotatable bonds is 10. The van der Waals surface area contributed by atoms with E-state index >= 15 is 0 Å². The van der Waals surface area contributed by atoms with Crippen molar-refractivity contribution in [2.24, 2.45) is 0 Å². The zero-order chi connectivity index (χ0) is 11.4. The molecule has 0 spiro atoms. The van der Waals surface area contributed by atoms with E-state index in [2.05, 4.69) is 5.32 Å². The molecule has 4 heteroatoms. The molecule has 0 unspecified atom stereocenters. The maximum absolute atomic E-state index is 11.2. The van der Waals surface area contributed by atoms with Gasteiger partial charge in [0.05, 0.1) is 0 Å². The van der Waals surface area contributed by atoms with Gasteiger partial charge in [0.1, 0.15) is 0 Å². The summed E-state index contributed by atoms with van der Waals surface area (Å²) in [5.41, 5.74) is 0. The van der Waals surface area contributed by atoms with E-state index in [0.29, 0.717) is 12.8 Å². The highest BCUT2D eigenvalue weighted by atomic mass is 16.2. The smallest absolute Gasteiger partial charge is 0.220 e. The van der Waals surface area contributed by atoms with Crippen LogP contribution in [0, 0.1) is 5.41 Å². The summed E-state index contributed by atoms with van der Waals surface area (Å²) in [7, 11) is 0. The Morgan fingerprint density at radius 3 is 2.60 bits per heavy atom. The normalized spacial score (nSPS) is 9.93. The molecule has 0 aromatic heterocycles. The third-order valence-corrected chi connectivity index (χ3v) is 2.16. The summed E-state index contributed by atoms with van der Waals surface area (Å²) in [6.45, 7) is 0.991. The standard InChI is InChI=1S/C11H22N2O2/c12-8-4-3-7-11(15)13-9-5-1-2-6-10-14/h8,12,14H,1-7,9-10H2,(H,13,15). The molecule has 0 rings (SSSR count). The fourth-order valence-electron chi connectivity index (χ4n) is 1.27. The van der Waals surface area contributed by atoms with Crippen LogP contribution in [0.3, 0.4) is 0 Å². The van der Waals surface area contributed by atoms with E-state index in [1.807, 2.05) is 0 Å². The van der Waals surface area contributed by atoms with Gasteiger partial charge in [0.15, 0.2) is 0 Å². The van der Waals surface area contributed by atoms with E-state index in [9.17, 15) is 4.79 Å². The first kappa shape index (κ1) is 14.1. The Balaban J connectivity index is 3.13. The van der Waals surface area contributed by atoms with Crippen molar-refractivity contribution in [1.82, 2.24) is 5.32 Å². The largest absolute Gasteiger partial charge is 0.396 e. The summed E-state index contributed by atoms with van der Waals surface area (Å²) in [4.78, 5) is 11.2. The molecule has 0 saturated heterocycles. The molecule has 3 N–H and O–H groups in total. The SMILES string of the molecule is N=CCCCC(=O)NCCCCCCO. The average molecular weight is 214 g/mol. The average Bonchev–Trinajstić information content (AvgIpc) is 2.23. The lowest BCUT2D eigenvalue weighted by molar-refractivity contribution is -0.121. The zero-order valence-corrected chi connectivity index (χ0v) is 9.30. The summed E-state index contributed by atoms with van der Waals surface area (Å²) in [5.74, 6) is 0.0824. The Morgan fingerprint density at radius 2 is 1.93 bits per heavy atom. The molecular formula is C11H22N2O2. The van der Waals surface area contributed by atoms with Crippen LogP contribution in [-0.4, -0.2) is 30.4 Å². The maximum Gasteiger partial charge on any atom is 0.220 e. The van der Waals surface area contributed by atoms with Crippen molar-refractivity contribution in [2.75, 3.05) is 13.2 Å². The van der Waals surface area contributed by atoms with Gasteiger partial charge in [-0.3, -0.25) is 4.79 Å². The minimum atomic E-state index is 0.0824. The van der Waals surface area contributed by atoms with E-state index in [4.69, 9.17) is 10.5 Å². The Kier molecular flexibility index (Phi) is 10.5. The minimum absolute atomic E-state index is 0.0824. The molecule has 1 amide bonds. The zero-order valence-electron chi connectivity index (χ0n) is 9.30. The minimum Gasteiger partial charge on any atom is -0.396 e. The van der Waals surface area contributed by atoms with Gasteiger partial charge in [-0.2, -0.15) is 0 Å². The molecule has 0 aliphatic rings. The van der Waals surface area contributed by atoms with Crippen LogP contribution in [0.2, 0.25) is 0 Å². The number of carbonyl (C=O) groups is 1. The number of aliphatic hydroxyl groups is 1. The topological polar surface area (TPSA) is 73.2 Å². The highest BCUT2D eigenvalue weighted by Gasteiger charge is 1.98. The van der Waals surface area contributed by atoms with Crippen molar-refractivity contribution in [3.05, 3.63) is 0 Å². The van der Waals surface area contributed by atoms with Gasteiger partial charge in [0, 0.05) is 19.6 Å². The third-order valence-electron chi connectivity index (χ3n) is 2.16. The first-order chi connectivity index (χ1) is 7.31. The molecule has 88 valence electrons. The van der Waals surface area contributed by atoms with Crippen LogP contribution in [0.5, 0.6) is 0 Å². The van der Waals surface area contributed by atoms with Gasteiger partial charge >= 0.3 is 0 Å². The first-order valence-corrected chi connectivity index (χ1v) is 5.67. The lowest BCUT2D eigenvalue weighted by atomic mass is 10.2. The van der Waals surface area contributed by atoms with Gasteiger partial charge in [0.2, 0.25) is 5.91 Å². The molecule has 0 aliphatic carbocycles. The van der Waals surface area contributed by atoms with Gasteiger partial charge < -0.3 is 15.8 Å². The monoisotopic (exact) mass is 214 g/mol. The summed E-state index contributed by atoms with van der Waals surface area (Å²) in [6.07, 6.45) is 7.23. The number of hydrogen-bond donors (Lipinski definition) is 3. The number of aliphatic hydroxyl groups excluding tert-OH is 1. The van der Waals surface area contributed by atoms with Crippen molar-refractivity contribution in [3.8, 4) is 0 Å². The van der Waals surface area contributed by atoms with Gasteiger partial charge in [-0.15, -0.1) is 0 Å². The highest BCUT2D eigenvalue weighted by Crippen LogP contribution is 1.98. The fourth-order valence-corrected chi connectivity index (χ4v) is 1.27. The van der Waals surface area contributed by atoms with E-state index < -0.39 is 0 Å². The predicted octanol–water partition coefficient (Wildman–Crippen LogP) is 1.48. The van der Waals surface area contributed by atoms with Gasteiger partial charge in [0.25, 0.3) is 0 Å². The predicted molar refractivity (Wildman–Crippen MR) is 61.2 cm³/mol. The second kappa shape index (κ2) is 11.2. The van der Waals surface area contributed by atoms with Gasteiger partial charge in [-0.1, -0.05) is 12.8 Å². The molecule has 0 heterocycles. The molecule has 0 aromatic rings. The molecular weight excluding hydrogens is 192 g/mol. The lowest BCUT2D eigenvalue weighted by Gasteiger charge is -2.03. The number of carbonyl (C=O) groups excluding carboxylic acids is 1. The van der Waals surface area contributed by atoms with Crippen LogP contribution in [-0.2, 0) is 4.79 Å². The van der Waals surface area contributed by atoms with Crippen LogP contribution in [0.15, 0.2) is 0 Å². The van der Waals surface area contributed by atoms with Gasteiger partial charge in [-0.25, -0.2) is 0 Å². The first-order valence-electron chi connectivity index (χ1n) is 5.67. The molecule has 0 aliphatic heterocycles. The summed E-state index contributed by atoms with van der Waals surface area (Å²) < 4.78 is 0. The Bertz CT molecular complexity index is 172. The lowest BCUT2D eigenvalue weighted by Crippen LogP contribution is -2.23. The van der Waals surface area contributed by atoms with E-state index in [-0.39, 0.29) is 12.5 Å². The molecule has 0 atom stereocenters. The quantitative estimate of drug-likeness (QED) is 0.380. The molecule has 0 bridgehead atoms. The summed E-state index contributed by atoms with van der Waals surface area (Å²) in [6, 6.07) is 0. The summed E-state index contributed by atoms with van der Waals surface area (Å²) >= 11 is 0. The Morgan fingerprint density at radius 1 is 1.20 bits per heavy atom. The van der Waals surface area contributed by atoms with Crippen LogP contribution < -0.4 is 5.32 Å². The fraction of sp³-hybridized carbons (Fsp3) is 0.818. The van der Waals surface area contributed by atoms with Gasteiger partial charge in [-0.05, 0) is 31.9 Å². The van der Waals surface area contributed by atoms with Crippen molar-refractivity contribution in [2.45, 2.75) is 44.9 Å². The van der Waals surface area contributed by atoms with Crippen LogP contribution in [0.4, 0.5) is 0 Å². The molecule has 15 heavy (non-hydrogen) atoms. The van der Waals surface area contributed by atoms with Crippen molar-refractivity contribution in [3.63, 3.8) is 0 Å². The number of hydrogen-bond acceptors (Lipinski definition) is 3. The molecule has 0 radical (unpaired) electrons. The van der Waals surface area contributed by atoms with Crippen LogP contribution >= 0.6 is 0 Å². The number of nitrogens with one attached hydrogen (secondary N) is 2. The Hall–Kier alpha value is -0.900. The number of amides is 1. The third kappa shape index (κ3) is 11.0. The number of unbranched alkanes of at least 4 members (excludes halogenated alkanes) is 4. The molecule has 0 fully saturated rings. The maximum atomic E-state index is 11.2. The molecule has 0 saturated carbocycles. The molecule has 4 nitrogen and oxygen atoms in total. The highest BCUT2D eigenvalue weighted by molar-refractivity contribution is 5.76. The second-order valence-corrected chi connectivity index (χ2v) is 3.58. The van der Waals surface area contributed by atoms with E-state index in [1.165, 1.54) is 6.21 Å². The Labute approximate surface area is 91.6 Å². The molecule has 0 aromatic carbocycles. The van der Waals surface area contributed by atoms with E-state index in [0.717, 1.165) is 38.6 Å².